The Bertz CT molecular complexity index is 375. The number of halogens is 3. The molecule has 0 aliphatic carbocycles. The van der Waals surface area contributed by atoms with Gasteiger partial charge in [0, 0.05) is 6.54 Å². The first-order valence-corrected chi connectivity index (χ1v) is 5.96. The van der Waals surface area contributed by atoms with E-state index in [1.165, 1.54) is 12.1 Å². The van der Waals surface area contributed by atoms with E-state index in [1.807, 2.05) is 18.7 Å². The highest BCUT2D eigenvalue weighted by Gasteiger charge is 2.30. The van der Waals surface area contributed by atoms with Crippen LogP contribution in [0.4, 0.5) is 13.2 Å². The molecule has 0 fully saturated rings. The molecule has 0 aliphatic rings. The summed E-state index contributed by atoms with van der Waals surface area (Å²) in [6.45, 7) is 5.75. The summed E-state index contributed by atoms with van der Waals surface area (Å²) in [4.78, 5) is 1.96. The number of hydrogen-bond donors (Lipinski definition) is 1. The Morgan fingerprint density at radius 2 is 1.83 bits per heavy atom. The van der Waals surface area contributed by atoms with Gasteiger partial charge in [0.25, 0.3) is 0 Å². The first-order chi connectivity index (χ1) is 8.38. The minimum Gasteiger partial charge on any atom is -0.387 e. The Morgan fingerprint density at radius 1 is 1.22 bits per heavy atom. The van der Waals surface area contributed by atoms with Crippen LogP contribution in [0.5, 0.6) is 0 Å². The largest absolute Gasteiger partial charge is 0.416 e. The Hall–Kier alpha value is -1.07. The van der Waals surface area contributed by atoms with E-state index in [-0.39, 0.29) is 0 Å². The summed E-state index contributed by atoms with van der Waals surface area (Å²) in [6, 6.07) is 4.86. The Kier molecular flexibility index (Phi) is 5.16. The lowest BCUT2D eigenvalue weighted by Gasteiger charge is -2.22. The molecule has 0 spiro atoms. The van der Waals surface area contributed by atoms with Gasteiger partial charge in [-0.05, 0) is 30.8 Å². The highest BCUT2D eigenvalue weighted by Crippen LogP contribution is 2.30. The van der Waals surface area contributed by atoms with Crippen molar-refractivity contribution in [3.63, 3.8) is 0 Å². The molecule has 0 saturated heterocycles. The van der Waals surface area contributed by atoms with Crippen molar-refractivity contribution in [1.82, 2.24) is 4.90 Å². The summed E-state index contributed by atoms with van der Waals surface area (Å²) in [6.07, 6.45) is -5.27. The van der Waals surface area contributed by atoms with Crippen LogP contribution in [0.15, 0.2) is 24.3 Å². The van der Waals surface area contributed by atoms with E-state index in [4.69, 9.17) is 0 Å². The maximum atomic E-state index is 12.5. The Morgan fingerprint density at radius 3 is 2.33 bits per heavy atom. The number of aliphatic hydroxyl groups excluding tert-OH is 1. The molecule has 0 aromatic heterocycles. The molecule has 0 radical (unpaired) electrons. The van der Waals surface area contributed by atoms with Gasteiger partial charge in [-0.25, -0.2) is 0 Å². The van der Waals surface area contributed by atoms with Gasteiger partial charge < -0.3 is 10.0 Å². The van der Waals surface area contributed by atoms with Gasteiger partial charge in [0.2, 0.25) is 0 Å². The van der Waals surface area contributed by atoms with Crippen molar-refractivity contribution in [2.75, 3.05) is 19.6 Å². The second-order valence-corrected chi connectivity index (χ2v) is 4.12. The molecule has 5 heteroatoms. The fraction of sp³-hybridized carbons (Fsp3) is 0.538. The van der Waals surface area contributed by atoms with Gasteiger partial charge >= 0.3 is 6.18 Å². The molecule has 1 aromatic carbocycles. The molecule has 0 amide bonds. The zero-order chi connectivity index (χ0) is 13.8. The number of rotatable bonds is 5. The van der Waals surface area contributed by atoms with Crippen molar-refractivity contribution in [2.24, 2.45) is 0 Å². The van der Waals surface area contributed by atoms with Crippen molar-refractivity contribution < 1.29 is 18.3 Å². The smallest absolute Gasteiger partial charge is 0.387 e. The molecule has 2 nitrogen and oxygen atoms in total. The minimum absolute atomic E-state index is 0.303. The lowest BCUT2D eigenvalue weighted by Crippen LogP contribution is -2.28. The number of alkyl halides is 3. The van der Waals surface area contributed by atoms with Crippen LogP contribution in [0.2, 0.25) is 0 Å². The van der Waals surface area contributed by atoms with Crippen LogP contribution in [-0.4, -0.2) is 29.6 Å². The van der Waals surface area contributed by atoms with E-state index in [9.17, 15) is 18.3 Å². The van der Waals surface area contributed by atoms with Crippen LogP contribution in [0.25, 0.3) is 0 Å². The number of benzene rings is 1. The lowest BCUT2D eigenvalue weighted by molar-refractivity contribution is -0.137. The quantitative estimate of drug-likeness (QED) is 0.880. The average molecular weight is 261 g/mol. The van der Waals surface area contributed by atoms with Gasteiger partial charge in [0.1, 0.15) is 0 Å². The molecular weight excluding hydrogens is 243 g/mol. The van der Waals surface area contributed by atoms with Gasteiger partial charge in [-0.2, -0.15) is 13.2 Å². The summed E-state index contributed by atoms with van der Waals surface area (Å²) < 4.78 is 37.6. The average Bonchev–Trinajstić information content (AvgIpc) is 2.34. The van der Waals surface area contributed by atoms with Gasteiger partial charge in [-0.1, -0.05) is 26.0 Å². The summed E-state index contributed by atoms with van der Waals surface area (Å²) in [5.41, 5.74) is -0.421. The van der Waals surface area contributed by atoms with E-state index >= 15 is 0 Å². The van der Waals surface area contributed by atoms with Gasteiger partial charge in [-0.3, -0.25) is 0 Å². The zero-order valence-corrected chi connectivity index (χ0v) is 10.5. The Balaban J connectivity index is 2.83. The van der Waals surface area contributed by atoms with E-state index in [1.54, 1.807) is 0 Å². The van der Waals surface area contributed by atoms with E-state index in [2.05, 4.69) is 0 Å². The molecule has 1 rings (SSSR count). The van der Waals surface area contributed by atoms with Crippen molar-refractivity contribution in [2.45, 2.75) is 26.1 Å². The molecule has 18 heavy (non-hydrogen) atoms. The van der Waals surface area contributed by atoms with Gasteiger partial charge in [-0.15, -0.1) is 0 Å². The third-order valence-electron chi connectivity index (χ3n) is 2.92. The van der Waals surface area contributed by atoms with Gasteiger partial charge in [0.15, 0.2) is 0 Å². The molecular formula is C13H18F3NO. The standard InChI is InChI=1S/C13H18F3NO/c1-3-17(4-2)9-12(18)10-6-5-7-11(8-10)13(14,15)16/h5-8,12,18H,3-4,9H2,1-2H3. The van der Waals surface area contributed by atoms with Crippen LogP contribution >= 0.6 is 0 Å². The first kappa shape index (κ1) is 15.0. The van der Waals surface area contributed by atoms with Crippen molar-refractivity contribution >= 4 is 0 Å². The fourth-order valence-electron chi connectivity index (χ4n) is 1.75. The highest BCUT2D eigenvalue weighted by atomic mass is 19.4. The van der Waals surface area contributed by atoms with Crippen molar-refractivity contribution in [3.8, 4) is 0 Å². The summed E-state index contributed by atoms with van der Waals surface area (Å²) >= 11 is 0. The van der Waals surface area contributed by atoms with Gasteiger partial charge in [0.05, 0.1) is 11.7 Å². The van der Waals surface area contributed by atoms with Crippen LogP contribution < -0.4 is 0 Å². The molecule has 102 valence electrons. The number of hydrogen-bond acceptors (Lipinski definition) is 2. The summed E-state index contributed by atoms with van der Waals surface area (Å²) in [5, 5.41) is 9.93. The predicted octanol–water partition coefficient (Wildman–Crippen LogP) is 3.08. The van der Waals surface area contributed by atoms with Crippen LogP contribution in [0.3, 0.4) is 0 Å². The number of nitrogens with zero attached hydrogens (tertiary/aromatic N) is 1. The summed E-state index contributed by atoms with van der Waals surface area (Å²) in [5.74, 6) is 0. The molecule has 1 atom stereocenters. The molecule has 1 unspecified atom stereocenters. The van der Waals surface area contributed by atoms with Crippen LogP contribution in [-0.2, 0) is 6.18 Å². The van der Waals surface area contributed by atoms with Crippen molar-refractivity contribution in [1.29, 1.82) is 0 Å². The van der Waals surface area contributed by atoms with Crippen LogP contribution in [0, 0.1) is 0 Å². The molecule has 1 N–H and O–H groups in total. The maximum Gasteiger partial charge on any atom is 0.416 e. The Labute approximate surface area is 105 Å². The lowest BCUT2D eigenvalue weighted by atomic mass is 10.1. The topological polar surface area (TPSA) is 23.5 Å². The summed E-state index contributed by atoms with van der Waals surface area (Å²) in [7, 11) is 0. The van der Waals surface area contributed by atoms with Crippen LogP contribution in [0.1, 0.15) is 31.1 Å². The molecule has 0 aliphatic heterocycles. The molecule has 1 aromatic rings. The molecule has 0 heterocycles. The highest BCUT2D eigenvalue weighted by molar-refractivity contribution is 5.27. The SMILES string of the molecule is CCN(CC)CC(O)c1cccc(C(F)(F)F)c1. The normalized spacial score (nSPS) is 13.9. The maximum absolute atomic E-state index is 12.5. The number of aliphatic hydroxyl groups is 1. The monoisotopic (exact) mass is 261 g/mol. The fourth-order valence-corrected chi connectivity index (χ4v) is 1.75. The second-order valence-electron chi connectivity index (χ2n) is 4.12. The minimum atomic E-state index is -4.37. The van der Waals surface area contributed by atoms with E-state index in [0.29, 0.717) is 12.1 Å². The third kappa shape index (κ3) is 3.99. The first-order valence-electron chi connectivity index (χ1n) is 5.96. The number of likely N-dealkylation sites (N-methyl/N-ethyl adjacent to an activating group) is 1. The van der Waals surface area contributed by atoms with Crippen molar-refractivity contribution in [3.05, 3.63) is 35.4 Å². The van der Waals surface area contributed by atoms with E-state index < -0.39 is 17.8 Å². The molecule has 0 saturated carbocycles. The second kappa shape index (κ2) is 6.20. The third-order valence-corrected chi connectivity index (χ3v) is 2.92. The van der Waals surface area contributed by atoms with E-state index in [0.717, 1.165) is 25.2 Å². The zero-order valence-electron chi connectivity index (χ0n) is 10.5. The predicted molar refractivity (Wildman–Crippen MR) is 64.2 cm³/mol. The molecule has 0 bridgehead atoms.